The van der Waals surface area contributed by atoms with Crippen LogP contribution in [0.1, 0.15) is 20.7 Å². The van der Waals surface area contributed by atoms with E-state index < -0.39 is 46.8 Å². The Morgan fingerprint density at radius 3 is 1.24 bits per heavy atom. The Labute approximate surface area is 258 Å². The Hall–Kier alpha value is -6.84. The Bertz CT molecular complexity index is 1710. The predicted molar refractivity (Wildman–Crippen MR) is 160 cm³/mol. The van der Waals surface area contributed by atoms with Gasteiger partial charge in [-0.3, -0.25) is 29.8 Å². The molecule has 0 aliphatic rings. The first-order chi connectivity index (χ1) is 21.9. The summed E-state index contributed by atoms with van der Waals surface area (Å²) >= 11 is 0. The fourth-order valence-electron chi connectivity index (χ4n) is 4.02. The Morgan fingerprint density at radius 2 is 0.935 bits per heavy atom. The predicted octanol–water partition coefficient (Wildman–Crippen LogP) is 4.60. The van der Waals surface area contributed by atoms with Gasteiger partial charge in [-0.25, -0.2) is 9.59 Å². The molecule has 234 valence electrons. The second-order valence-corrected chi connectivity index (χ2v) is 9.31. The molecule has 46 heavy (non-hydrogen) atoms. The van der Waals surface area contributed by atoms with E-state index in [1.165, 1.54) is 84.9 Å². The number of nitrogens with one attached hydrogen (secondary N) is 2. The number of carbonyl (C=O) groups excluding carboxylic acids is 2. The molecule has 0 unspecified atom stereocenters. The molecule has 0 aromatic heterocycles. The molecule has 16 heteroatoms. The van der Waals surface area contributed by atoms with Gasteiger partial charge in [0.1, 0.15) is 11.5 Å². The van der Waals surface area contributed by atoms with Crippen LogP contribution >= 0.6 is 0 Å². The van der Waals surface area contributed by atoms with E-state index in [1.807, 2.05) is 0 Å². The summed E-state index contributed by atoms with van der Waals surface area (Å²) in [5, 5.41) is 45.9. The van der Waals surface area contributed by atoms with Crippen molar-refractivity contribution in [1.29, 1.82) is 0 Å². The zero-order valence-electron chi connectivity index (χ0n) is 23.4. The number of ether oxygens (including phenoxy) is 2. The number of benzene rings is 4. The van der Waals surface area contributed by atoms with Gasteiger partial charge in [0.05, 0.1) is 32.3 Å². The highest BCUT2D eigenvalue weighted by atomic mass is 16.6. The number of non-ortho nitro benzene ring substituents is 2. The average Bonchev–Trinajstić information content (AvgIpc) is 3.03. The summed E-state index contributed by atoms with van der Waals surface area (Å²) < 4.78 is 10.6. The molecule has 2 amide bonds. The van der Waals surface area contributed by atoms with Crippen LogP contribution in [0.15, 0.2) is 84.9 Å². The molecule has 0 radical (unpaired) electrons. The number of rotatable bonds is 13. The minimum absolute atomic E-state index is 0.0658. The van der Waals surface area contributed by atoms with E-state index in [1.54, 1.807) is 0 Å². The van der Waals surface area contributed by atoms with Gasteiger partial charge in [0.2, 0.25) is 0 Å². The first-order valence-corrected chi connectivity index (χ1v) is 13.0. The smallest absolute Gasteiger partial charge is 0.337 e. The van der Waals surface area contributed by atoms with Crippen LogP contribution in [-0.4, -0.2) is 57.0 Å². The van der Waals surface area contributed by atoms with Crippen molar-refractivity contribution in [2.75, 3.05) is 23.8 Å². The second kappa shape index (κ2) is 14.1. The zero-order valence-corrected chi connectivity index (χ0v) is 23.4. The van der Waals surface area contributed by atoms with Crippen molar-refractivity contribution in [3.63, 3.8) is 0 Å². The summed E-state index contributed by atoms with van der Waals surface area (Å²) in [6.07, 6.45) is 0. The van der Waals surface area contributed by atoms with Crippen LogP contribution in [0, 0.1) is 20.2 Å². The molecule has 0 heterocycles. The molecule has 0 fully saturated rings. The fourth-order valence-corrected chi connectivity index (χ4v) is 4.02. The second-order valence-electron chi connectivity index (χ2n) is 9.31. The molecule has 0 saturated heterocycles. The van der Waals surface area contributed by atoms with E-state index in [4.69, 9.17) is 9.47 Å². The number of nitro benzene ring substituents is 2. The van der Waals surface area contributed by atoms with Crippen molar-refractivity contribution in [3.8, 4) is 22.6 Å². The molecule has 0 bridgehead atoms. The molecule has 0 aliphatic heterocycles. The van der Waals surface area contributed by atoms with Gasteiger partial charge in [-0.1, -0.05) is 12.1 Å². The topological polar surface area (TPSA) is 238 Å². The lowest BCUT2D eigenvalue weighted by atomic mass is 9.99. The van der Waals surface area contributed by atoms with Crippen LogP contribution in [0.2, 0.25) is 0 Å². The first kappa shape index (κ1) is 32.1. The number of hydrogen-bond acceptors (Lipinski definition) is 10. The molecule has 0 atom stereocenters. The highest BCUT2D eigenvalue weighted by Gasteiger charge is 2.18. The molecule has 4 aromatic carbocycles. The highest BCUT2D eigenvalue weighted by Crippen LogP contribution is 2.29. The normalized spacial score (nSPS) is 10.3. The van der Waals surface area contributed by atoms with Crippen LogP contribution in [0.5, 0.6) is 11.5 Å². The standard InChI is InChI=1S/C30H22N4O12/c35-27(15-45-21-7-3-19(4-8-21)33(41)42)31-25-11-1-17(13-23(25)29(37)38)18-2-12-26(24(14-18)30(39)40)32-28(36)16-46-22-9-5-20(6-10-22)34(43)44/h1-14H,15-16H2,(H,31,35)(H,32,36)(H,37,38)(H,39,40). The van der Waals surface area contributed by atoms with Gasteiger partial charge < -0.3 is 30.3 Å². The summed E-state index contributed by atoms with van der Waals surface area (Å²) in [6, 6.07) is 18.0. The summed E-state index contributed by atoms with van der Waals surface area (Å²) in [4.78, 5) is 69.2. The van der Waals surface area contributed by atoms with E-state index >= 15 is 0 Å². The largest absolute Gasteiger partial charge is 0.484 e. The summed E-state index contributed by atoms with van der Waals surface area (Å²) in [5.41, 5.74) is -0.488. The Kier molecular flexibility index (Phi) is 9.82. The number of carboxylic acid groups (broad SMARTS) is 2. The molecule has 4 aromatic rings. The van der Waals surface area contributed by atoms with Gasteiger partial charge in [0.15, 0.2) is 13.2 Å². The van der Waals surface area contributed by atoms with Crippen molar-refractivity contribution >= 4 is 46.5 Å². The minimum atomic E-state index is -1.39. The summed E-state index contributed by atoms with van der Waals surface area (Å²) in [5.74, 6) is -3.83. The third-order valence-electron chi connectivity index (χ3n) is 6.22. The molecule has 0 saturated carbocycles. The average molecular weight is 631 g/mol. The number of carbonyl (C=O) groups is 4. The lowest BCUT2D eigenvalue weighted by Gasteiger charge is -2.13. The number of hydrogen-bond donors (Lipinski definition) is 4. The van der Waals surface area contributed by atoms with Crippen molar-refractivity contribution in [1.82, 2.24) is 0 Å². The maximum absolute atomic E-state index is 12.4. The quantitative estimate of drug-likeness (QED) is 0.117. The summed E-state index contributed by atoms with van der Waals surface area (Å²) in [6.45, 7) is -1.04. The van der Waals surface area contributed by atoms with Crippen LogP contribution in [0.25, 0.3) is 11.1 Å². The number of nitrogens with zero attached hydrogens (tertiary/aromatic N) is 2. The minimum Gasteiger partial charge on any atom is -0.484 e. The van der Waals surface area contributed by atoms with E-state index in [0.717, 1.165) is 0 Å². The number of nitro groups is 2. The van der Waals surface area contributed by atoms with Crippen molar-refractivity contribution in [2.45, 2.75) is 0 Å². The zero-order chi connectivity index (χ0) is 33.4. The van der Waals surface area contributed by atoms with Gasteiger partial charge in [-0.15, -0.1) is 0 Å². The van der Waals surface area contributed by atoms with E-state index in [2.05, 4.69) is 10.6 Å². The highest BCUT2D eigenvalue weighted by molar-refractivity contribution is 6.04. The third-order valence-corrected chi connectivity index (χ3v) is 6.22. The van der Waals surface area contributed by atoms with E-state index in [9.17, 15) is 49.6 Å². The van der Waals surface area contributed by atoms with Crippen molar-refractivity contribution < 1.29 is 48.7 Å². The van der Waals surface area contributed by atoms with E-state index in [-0.39, 0.29) is 45.4 Å². The van der Waals surface area contributed by atoms with Gasteiger partial charge in [-0.05, 0) is 59.7 Å². The van der Waals surface area contributed by atoms with Gasteiger partial charge >= 0.3 is 11.9 Å². The lowest BCUT2D eigenvalue weighted by molar-refractivity contribution is -0.385. The van der Waals surface area contributed by atoms with Crippen LogP contribution in [-0.2, 0) is 9.59 Å². The van der Waals surface area contributed by atoms with Crippen LogP contribution in [0.4, 0.5) is 22.7 Å². The monoisotopic (exact) mass is 630 g/mol. The Balaban J connectivity index is 1.44. The first-order valence-electron chi connectivity index (χ1n) is 13.0. The molecule has 0 aliphatic carbocycles. The lowest BCUT2D eigenvalue weighted by Crippen LogP contribution is -2.21. The molecule has 0 spiro atoms. The molecule has 4 rings (SSSR count). The SMILES string of the molecule is O=C(COc1ccc([N+](=O)[O-])cc1)Nc1ccc(-c2ccc(NC(=O)COc3ccc([N+](=O)[O-])cc3)c(C(=O)O)c2)cc1C(=O)O. The Morgan fingerprint density at radius 1 is 0.587 bits per heavy atom. The maximum atomic E-state index is 12.4. The fraction of sp³-hybridized carbons (Fsp3) is 0.0667. The number of carboxylic acids is 2. The van der Waals surface area contributed by atoms with Crippen molar-refractivity contribution in [3.05, 3.63) is 116 Å². The molecule has 16 nitrogen and oxygen atoms in total. The number of amides is 2. The van der Waals surface area contributed by atoms with Gasteiger partial charge in [0, 0.05) is 24.3 Å². The molecule has 4 N–H and O–H groups in total. The molecular formula is C30H22N4O12. The van der Waals surface area contributed by atoms with Gasteiger partial charge in [0.25, 0.3) is 23.2 Å². The van der Waals surface area contributed by atoms with Crippen LogP contribution in [0.3, 0.4) is 0 Å². The maximum Gasteiger partial charge on any atom is 0.337 e. The molecular weight excluding hydrogens is 608 g/mol. The van der Waals surface area contributed by atoms with Crippen LogP contribution < -0.4 is 20.1 Å². The van der Waals surface area contributed by atoms with Gasteiger partial charge in [-0.2, -0.15) is 0 Å². The summed E-state index contributed by atoms with van der Waals surface area (Å²) in [7, 11) is 0. The van der Waals surface area contributed by atoms with E-state index in [0.29, 0.717) is 11.1 Å². The number of anilines is 2. The number of aromatic carboxylic acids is 2. The third kappa shape index (κ3) is 8.16. The van der Waals surface area contributed by atoms with Crippen molar-refractivity contribution in [2.24, 2.45) is 0 Å².